The van der Waals surface area contributed by atoms with Crippen LogP contribution in [0.5, 0.6) is 5.75 Å². The molecule has 1 aromatic heterocycles. The van der Waals surface area contributed by atoms with Crippen molar-refractivity contribution in [2.24, 2.45) is 5.92 Å². The van der Waals surface area contributed by atoms with Crippen molar-refractivity contribution in [2.75, 3.05) is 77.5 Å². The Morgan fingerprint density at radius 1 is 1.07 bits per heavy atom. The smallest absolute Gasteiger partial charge is 0.406 e. The van der Waals surface area contributed by atoms with Crippen molar-refractivity contribution in [1.29, 1.82) is 0 Å². The molecule has 2 N–H and O–H groups in total. The average molecular weight is 629 g/mol. The number of piperidine rings is 1. The van der Waals surface area contributed by atoms with Gasteiger partial charge in [0.05, 0.1) is 44.7 Å². The van der Waals surface area contributed by atoms with Crippen LogP contribution in [0.1, 0.15) is 28.9 Å². The second-order valence-electron chi connectivity index (χ2n) is 11.3. The van der Waals surface area contributed by atoms with Gasteiger partial charge in [-0.15, -0.1) is 0 Å². The number of esters is 1. The summed E-state index contributed by atoms with van der Waals surface area (Å²) in [6.07, 6.45) is -2.69. The number of methoxy groups -OCH3 is 1. The van der Waals surface area contributed by atoms with E-state index in [0.29, 0.717) is 48.8 Å². The second kappa shape index (κ2) is 14.9. The quantitative estimate of drug-likeness (QED) is 0.303. The Morgan fingerprint density at radius 3 is 2.67 bits per heavy atom. The molecule has 12 heteroatoms. The minimum absolute atomic E-state index is 0.139. The third-order valence-electron chi connectivity index (χ3n) is 8.04. The van der Waals surface area contributed by atoms with Crippen LogP contribution in [-0.2, 0) is 20.8 Å². The number of likely N-dealkylation sites (tertiary alicyclic amines) is 1. The molecule has 2 aliphatic rings. The predicted octanol–water partition coefficient (Wildman–Crippen LogP) is 5.00. The van der Waals surface area contributed by atoms with E-state index in [1.165, 1.54) is 11.7 Å². The molecule has 1 saturated heterocycles. The number of benzene rings is 2. The molecule has 4 bridgehead atoms. The summed E-state index contributed by atoms with van der Waals surface area (Å²) in [5, 5.41) is 7.51. The van der Waals surface area contributed by atoms with Gasteiger partial charge >= 0.3 is 12.1 Å². The van der Waals surface area contributed by atoms with Gasteiger partial charge in [-0.05, 0) is 68.6 Å². The van der Waals surface area contributed by atoms with Crippen molar-refractivity contribution < 1.29 is 36.9 Å². The monoisotopic (exact) mass is 628 g/mol. The number of fused-ring (bicyclic) bond motifs is 4. The molecule has 242 valence electrons. The SMILES string of the molecule is COC(=O)c1ccc2cc1OCCOCCOCCC1CN(C)CCC1Nc1cccc3c1cc(n3CC(F)(F)F)C#CCN2. The lowest BCUT2D eigenvalue weighted by Crippen LogP contribution is -2.45. The van der Waals surface area contributed by atoms with Gasteiger partial charge in [-0.25, -0.2) is 4.79 Å². The van der Waals surface area contributed by atoms with Gasteiger partial charge in [0.25, 0.3) is 0 Å². The van der Waals surface area contributed by atoms with E-state index >= 15 is 0 Å². The third-order valence-corrected chi connectivity index (χ3v) is 8.04. The number of hydrogen-bond donors (Lipinski definition) is 2. The molecule has 2 atom stereocenters. The highest BCUT2D eigenvalue weighted by molar-refractivity contribution is 5.94. The fraction of sp³-hybridized carbons (Fsp3) is 0.485. The average Bonchev–Trinajstić information content (AvgIpc) is 3.35. The first kappa shape index (κ1) is 32.5. The summed E-state index contributed by atoms with van der Waals surface area (Å²) in [5.41, 5.74) is 2.41. The zero-order valence-electron chi connectivity index (χ0n) is 25.5. The van der Waals surface area contributed by atoms with Gasteiger partial charge in [-0.3, -0.25) is 0 Å². The number of rotatable bonds is 2. The second-order valence-corrected chi connectivity index (χ2v) is 11.3. The molecule has 5 rings (SSSR count). The molecule has 2 unspecified atom stereocenters. The van der Waals surface area contributed by atoms with Crippen LogP contribution in [-0.4, -0.2) is 94.5 Å². The summed E-state index contributed by atoms with van der Waals surface area (Å²) in [4.78, 5) is 14.6. The van der Waals surface area contributed by atoms with Crippen molar-refractivity contribution in [3.05, 3.63) is 53.7 Å². The van der Waals surface area contributed by atoms with E-state index in [9.17, 15) is 18.0 Å². The standard InChI is InChI=1S/C33H39F3N4O5/c1-39-13-10-28-23(21-39)11-14-43-15-16-44-17-18-45-31-19-24(8-9-26(31)32(41)42-2)37-12-4-5-25-20-27-29(38-28)6-3-7-30(27)40(25)22-33(34,35)36/h3,6-9,19-20,23,28,37-38H,10-18,21-22H2,1-2H3. The molecule has 0 saturated carbocycles. The van der Waals surface area contributed by atoms with Gasteiger partial charge in [-0.1, -0.05) is 12.0 Å². The van der Waals surface area contributed by atoms with E-state index in [1.807, 2.05) is 6.07 Å². The van der Waals surface area contributed by atoms with Gasteiger partial charge in [0.2, 0.25) is 0 Å². The number of halogens is 3. The Bertz CT molecular complexity index is 1530. The number of carbonyl (C=O) groups is 1. The van der Waals surface area contributed by atoms with Crippen LogP contribution < -0.4 is 15.4 Å². The van der Waals surface area contributed by atoms with Crippen molar-refractivity contribution in [1.82, 2.24) is 9.47 Å². The van der Waals surface area contributed by atoms with Crippen molar-refractivity contribution in [2.45, 2.75) is 31.6 Å². The summed E-state index contributed by atoms with van der Waals surface area (Å²) in [6, 6.07) is 12.2. The van der Waals surface area contributed by atoms with Crippen LogP contribution in [0.3, 0.4) is 0 Å². The first-order valence-corrected chi connectivity index (χ1v) is 15.1. The van der Waals surface area contributed by atoms with Crippen LogP contribution in [0.25, 0.3) is 10.9 Å². The lowest BCUT2D eigenvalue weighted by molar-refractivity contribution is -0.140. The number of nitrogens with one attached hydrogen (secondary N) is 2. The maximum atomic E-state index is 13.7. The van der Waals surface area contributed by atoms with Gasteiger partial charge in [-0.2, -0.15) is 13.2 Å². The molecular weight excluding hydrogens is 589 g/mol. The van der Waals surface area contributed by atoms with Crippen LogP contribution in [0.2, 0.25) is 0 Å². The number of carbonyl (C=O) groups excluding carboxylic acids is 1. The van der Waals surface area contributed by atoms with Crippen LogP contribution in [0.4, 0.5) is 24.5 Å². The normalized spacial score (nSPS) is 20.6. The Kier molecular flexibility index (Phi) is 10.8. The number of aromatic nitrogens is 1. The summed E-state index contributed by atoms with van der Waals surface area (Å²) in [5.74, 6) is 5.97. The highest BCUT2D eigenvalue weighted by Gasteiger charge is 2.31. The van der Waals surface area contributed by atoms with E-state index in [1.54, 1.807) is 36.4 Å². The Morgan fingerprint density at radius 2 is 1.87 bits per heavy atom. The van der Waals surface area contributed by atoms with Crippen molar-refractivity contribution >= 4 is 28.2 Å². The maximum Gasteiger partial charge on any atom is 0.406 e. The molecule has 2 aliphatic heterocycles. The number of anilines is 2. The summed E-state index contributed by atoms with van der Waals surface area (Å²) in [6.45, 7) is 2.71. The minimum atomic E-state index is -4.42. The molecule has 0 radical (unpaired) electrons. The molecule has 9 nitrogen and oxygen atoms in total. The topological polar surface area (TPSA) is 86.2 Å². The van der Waals surface area contributed by atoms with E-state index in [0.717, 1.165) is 31.6 Å². The first-order valence-electron chi connectivity index (χ1n) is 15.1. The number of ether oxygens (including phenoxy) is 4. The van der Waals surface area contributed by atoms with Crippen molar-refractivity contribution in [3.63, 3.8) is 0 Å². The summed E-state index contributed by atoms with van der Waals surface area (Å²) in [7, 11) is 3.39. The number of hydrogen-bond acceptors (Lipinski definition) is 8. The molecular formula is C33H39F3N4O5. The van der Waals surface area contributed by atoms with Crippen molar-refractivity contribution in [3.8, 4) is 17.6 Å². The fourth-order valence-corrected chi connectivity index (χ4v) is 5.84. The highest BCUT2D eigenvalue weighted by atomic mass is 19.4. The Hall–Kier alpha value is -3.92. The number of alkyl halides is 3. The molecule has 2 aromatic carbocycles. The molecule has 3 aromatic rings. The predicted molar refractivity (Wildman–Crippen MR) is 166 cm³/mol. The molecule has 0 spiro atoms. The summed E-state index contributed by atoms with van der Waals surface area (Å²) < 4.78 is 64.7. The van der Waals surface area contributed by atoms with Gasteiger partial charge in [0.1, 0.15) is 24.5 Å². The van der Waals surface area contributed by atoms with Crippen LogP contribution >= 0.6 is 0 Å². The minimum Gasteiger partial charge on any atom is -0.490 e. The molecule has 0 amide bonds. The molecule has 45 heavy (non-hydrogen) atoms. The van der Waals surface area contributed by atoms with E-state index in [-0.39, 0.29) is 36.4 Å². The van der Waals surface area contributed by atoms with E-state index in [4.69, 9.17) is 18.9 Å². The fourth-order valence-electron chi connectivity index (χ4n) is 5.84. The molecule has 1 fully saturated rings. The highest BCUT2D eigenvalue weighted by Crippen LogP contribution is 2.32. The number of nitrogens with zero attached hydrogens (tertiary/aromatic N) is 2. The van der Waals surface area contributed by atoms with Gasteiger partial charge in [0, 0.05) is 42.0 Å². The third kappa shape index (κ3) is 8.63. The Labute approximate surface area is 260 Å². The zero-order valence-corrected chi connectivity index (χ0v) is 25.5. The Balaban J connectivity index is 1.46. The summed E-state index contributed by atoms with van der Waals surface area (Å²) >= 11 is 0. The maximum absolute atomic E-state index is 13.7. The molecule has 0 aliphatic carbocycles. The zero-order chi connectivity index (χ0) is 31.8. The van der Waals surface area contributed by atoms with E-state index in [2.05, 4.69) is 34.4 Å². The van der Waals surface area contributed by atoms with E-state index < -0.39 is 18.7 Å². The lowest BCUT2D eigenvalue weighted by Gasteiger charge is -2.38. The largest absolute Gasteiger partial charge is 0.490 e. The van der Waals surface area contributed by atoms with Crippen LogP contribution in [0, 0.1) is 17.8 Å². The van der Waals surface area contributed by atoms with Crippen LogP contribution in [0.15, 0.2) is 42.5 Å². The lowest BCUT2D eigenvalue weighted by atomic mass is 9.89. The van der Waals surface area contributed by atoms with Gasteiger partial charge < -0.3 is 39.0 Å². The van der Waals surface area contributed by atoms with Gasteiger partial charge in [0.15, 0.2) is 0 Å². The first-order chi connectivity index (χ1) is 21.7. The molecule has 3 heterocycles.